The van der Waals surface area contributed by atoms with Crippen molar-refractivity contribution in [1.29, 1.82) is 0 Å². The zero-order valence-corrected chi connectivity index (χ0v) is 11.2. The van der Waals surface area contributed by atoms with Gasteiger partial charge in [-0.05, 0) is 46.2 Å². The number of furan rings is 1. The van der Waals surface area contributed by atoms with Crippen LogP contribution in [-0.4, -0.2) is 22.9 Å². The van der Waals surface area contributed by atoms with Crippen molar-refractivity contribution in [3.05, 3.63) is 23.2 Å². The Morgan fingerprint density at radius 3 is 2.89 bits per heavy atom. The molecule has 1 fully saturated rings. The molecular weight excluding hydrogens is 230 g/mol. The Bertz CT molecular complexity index is 451. The van der Waals surface area contributed by atoms with E-state index in [0.29, 0.717) is 0 Å². The average molecular weight is 251 g/mol. The quantitative estimate of drug-likeness (QED) is 0.486. The van der Waals surface area contributed by atoms with E-state index in [9.17, 15) is 4.79 Å². The lowest BCUT2D eigenvalue weighted by molar-refractivity contribution is 0.0924. The van der Waals surface area contributed by atoms with Crippen LogP contribution < -0.4 is 11.3 Å². The number of nitrogens with one attached hydrogen (secondary N) is 1. The van der Waals surface area contributed by atoms with Gasteiger partial charge in [0.2, 0.25) is 0 Å². The third-order valence-corrected chi connectivity index (χ3v) is 3.81. The second-order valence-corrected chi connectivity index (χ2v) is 5.50. The molecule has 0 bridgehead atoms. The molecule has 2 rings (SSSR count). The minimum Gasteiger partial charge on any atom is -0.456 e. The average Bonchev–Trinajstić information content (AvgIpc) is 2.83. The van der Waals surface area contributed by atoms with Crippen molar-refractivity contribution in [2.75, 3.05) is 6.54 Å². The number of hydrogen-bond acceptors (Lipinski definition) is 4. The number of rotatable bonds is 3. The number of carbonyl (C=O) groups excluding carboxylic acids is 1. The molecule has 1 aliphatic heterocycles. The molecule has 0 saturated carbocycles. The van der Waals surface area contributed by atoms with E-state index in [4.69, 9.17) is 10.3 Å². The zero-order chi connectivity index (χ0) is 13.3. The number of hydrogen-bond donors (Lipinski definition) is 2. The van der Waals surface area contributed by atoms with Crippen LogP contribution in [0.5, 0.6) is 0 Å². The topological polar surface area (TPSA) is 71.5 Å². The van der Waals surface area contributed by atoms with Crippen LogP contribution in [0.4, 0.5) is 0 Å². The number of aryl methyl sites for hydroxylation is 1. The summed E-state index contributed by atoms with van der Waals surface area (Å²) in [6, 6.07) is 1.78. The molecule has 5 heteroatoms. The molecule has 1 aliphatic rings. The van der Waals surface area contributed by atoms with E-state index in [1.165, 1.54) is 12.8 Å². The molecular formula is C13H21N3O2. The molecule has 1 aromatic heterocycles. The van der Waals surface area contributed by atoms with Crippen LogP contribution in [-0.2, 0) is 6.54 Å². The fourth-order valence-electron chi connectivity index (χ4n) is 2.52. The van der Waals surface area contributed by atoms with E-state index in [-0.39, 0.29) is 17.2 Å². The maximum absolute atomic E-state index is 11.4. The van der Waals surface area contributed by atoms with E-state index in [2.05, 4.69) is 24.2 Å². The molecule has 0 aromatic carbocycles. The second-order valence-electron chi connectivity index (χ2n) is 5.50. The normalized spacial score (nSPS) is 19.1. The van der Waals surface area contributed by atoms with Crippen LogP contribution in [0.2, 0.25) is 0 Å². The Labute approximate surface area is 107 Å². The molecule has 18 heavy (non-hydrogen) atoms. The third-order valence-electron chi connectivity index (χ3n) is 3.81. The minimum atomic E-state index is -0.384. The number of nitrogens with two attached hydrogens (primary N) is 1. The lowest BCUT2D eigenvalue weighted by atomic mass is 10.0. The highest BCUT2D eigenvalue weighted by Gasteiger charge is 2.32. The molecule has 0 aliphatic carbocycles. The van der Waals surface area contributed by atoms with E-state index < -0.39 is 0 Å². The lowest BCUT2D eigenvalue weighted by Crippen LogP contribution is -2.37. The number of carbonyl (C=O) groups is 1. The lowest BCUT2D eigenvalue weighted by Gasteiger charge is -2.31. The summed E-state index contributed by atoms with van der Waals surface area (Å²) in [5.74, 6) is 5.78. The first kappa shape index (κ1) is 13.1. The summed E-state index contributed by atoms with van der Waals surface area (Å²) in [4.78, 5) is 13.8. The van der Waals surface area contributed by atoms with Gasteiger partial charge in [-0.3, -0.25) is 15.1 Å². The van der Waals surface area contributed by atoms with Gasteiger partial charge in [0.15, 0.2) is 5.76 Å². The second kappa shape index (κ2) is 4.74. The highest BCUT2D eigenvalue weighted by molar-refractivity contribution is 5.91. The predicted molar refractivity (Wildman–Crippen MR) is 68.8 cm³/mol. The van der Waals surface area contributed by atoms with Crippen molar-refractivity contribution in [3.8, 4) is 0 Å². The van der Waals surface area contributed by atoms with Crippen LogP contribution in [0.1, 0.15) is 48.6 Å². The molecule has 1 saturated heterocycles. The van der Waals surface area contributed by atoms with E-state index in [0.717, 1.165) is 24.4 Å². The monoisotopic (exact) mass is 251 g/mol. The summed E-state index contributed by atoms with van der Waals surface area (Å²) in [6.45, 7) is 8.30. The van der Waals surface area contributed by atoms with Gasteiger partial charge in [0.05, 0.1) is 0 Å². The highest BCUT2D eigenvalue weighted by atomic mass is 16.4. The molecule has 0 unspecified atom stereocenters. The van der Waals surface area contributed by atoms with Gasteiger partial charge < -0.3 is 4.42 Å². The van der Waals surface area contributed by atoms with Gasteiger partial charge in [0.25, 0.3) is 0 Å². The van der Waals surface area contributed by atoms with E-state index >= 15 is 0 Å². The Morgan fingerprint density at radius 1 is 1.61 bits per heavy atom. The van der Waals surface area contributed by atoms with Crippen molar-refractivity contribution in [2.24, 2.45) is 5.84 Å². The number of nitrogen functional groups attached to an aromatic ring is 1. The van der Waals surface area contributed by atoms with Crippen molar-refractivity contribution in [1.82, 2.24) is 10.3 Å². The molecule has 1 aromatic rings. The maximum Gasteiger partial charge on any atom is 0.300 e. The number of hydrazine groups is 1. The van der Waals surface area contributed by atoms with Gasteiger partial charge in [-0.25, -0.2) is 5.84 Å². The van der Waals surface area contributed by atoms with Crippen LogP contribution in [0, 0.1) is 6.92 Å². The van der Waals surface area contributed by atoms with Crippen molar-refractivity contribution in [3.63, 3.8) is 0 Å². The summed E-state index contributed by atoms with van der Waals surface area (Å²) >= 11 is 0. The Hall–Kier alpha value is -1.33. The summed E-state index contributed by atoms with van der Waals surface area (Å²) in [6.07, 6.45) is 2.43. The van der Waals surface area contributed by atoms with Crippen LogP contribution >= 0.6 is 0 Å². The van der Waals surface area contributed by atoms with Gasteiger partial charge in [0, 0.05) is 17.6 Å². The molecule has 0 spiro atoms. The van der Waals surface area contributed by atoms with Gasteiger partial charge in [-0.15, -0.1) is 0 Å². The summed E-state index contributed by atoms with van der Waals surface area (Å²) in [7, 11) is 0. The summed E-state index contributed by atoms with van der Waals surface area (Å²) in [5, 5.41) is 0. The van der Waals surface area contributed by atoms with Crippen molar-refractivity contribution >= 4 is 5.91 Å². The van der Waals surface area contributed by atoms with E-state index in [1.807, 2.05) is 6.92 Å². The molecule has 0 atom stereocenters. The van der Waals surface area contributed by atoms with Crippen molar-refractivity contribution in [2.45, 2.75) is 45.7 Å². The maximum atomic E-state index is 11.4. The zero-order valence-electron chi connectivity index (χ0n) is 11.2. The van der Waals surface area contributed by atoms with Gasteiger partial charge in [-0.2, -0.15) is 0 Å². The van der Waals surface area contributed by atoms with Gasteiger partial charge >= 0.3 is 5.91 Å². The predicted octanol–water partition coefficient (Wildman–Crippen LogP) is 1.57. The summed E-state index contributed by atoms with van der Waals surface area (Å²) < 4.78 is 5.43. The smallest absolute Gasteiger partial charge is 0.300 e. The first-order chi connectivity index (χ1) is 8.44. The molecule has 0 radical (unpaired) electrons. The molecule has 1 amide bonds. The minimum absolute atomic E-state index is 0.222. The largest absolute Gasteiger partial charge is 0.456 e. The first-order valence-electron chi connectivity index (χ1n) is 6.29. The standard InChI is InChI=1S/C13H21N3O2/c1-9-10(7-11(18-9)12(17)15-14)8-16-6-4-5-13(16,2)3/h7H,4-6,8,14H2,1-3H3,(H,15,17). The number of amides is 1. The fourth-order valence-corrected chi connectivity index (χ4v) is 2.52. The van der Waals surface area contributed by atoms with Gasteiger partial charge in [-0.1, -0.05) is 0 Å². The molecule has 3 N–H and O–H groups in total. The molecule has 100 valence electrons. The van der Waals surface area contributed by atoms with E-state index in [1.54, 1.807) is 6.07 Å². The first-order valence-corrected chi connectivity index (χ1v) is 6.29. The fraction of sp³-hybridized carbons (Fsp3) is 0.615. The Kier molecular flexibility index (Phi) is 3.45. The number of likely N-dealkylation sites (tertiary alicyclic amines) is 1. The van der Waals surface area contributed by atoms with Crippen LogP contribution in [0.3, 0.4) is 0 Å². The SMILES string of the molecule is Cc1oc(C(=O)NN)cc1CN1CCCC1(C)C. The van der Waals surface area contributed by atoms with Crippen LogP contribution in [0.15, 0.2) is 10.5 Å². The third kappa shape index (κ3) is 2.42. The molecule has 2 heterocycles. The van der Waals surface area contributed by atoms with Gasteiger partial charge in [0.1, 0.15) is 5.76 Å². The summed E-state index contributed by atoms with van der Waals surface area (Å²) in [5.41, 5.74) is 3.37. The molecule has 5 nitrogen and oxygen atoms in total. The number of nitrogens with zero attached hydrogens (tertiary/aromatic N) is 1. The van der Waals surface area contributed by atoms with Crippen LogP contribution in [0.25, 0.3) is 0 Å². The Balaban J connectivity index is 2.15. The highest BCUT2D eigenvalue weighted by Crippen LogP contribution is 2.30. The van der Waals surface area contributed by atoms with Crippen molar-refractivity contribution < 1.29 is 9.21 Å². The Morgan fingerprint density at radius 2 is 2.33 bits per heavy atom.